The van der Waals surface area contributed by atoms with E-state index in [1.165, 1.54) is 12.7 Å². The zero-order valence-corrected chi connectivity index (χ0v) is 17.0. The Morgan fingerprint density at radius 3 is 2.89 bits per heavy atom. The maximum atomic E-state index is 11.1. The van der Waals surface area contributed by atoms with Crippen LogP contribution in [0, 0.1) is 23.7 Å². The number of fused-ring (bicyclic) bond motifs is 1. The van der Waals surface area contributed by atoms with E-state index < -0.39 is 6.10 Å². The lowest BCUT2D eigenvalue weighted by Gasteiger charge is -2.20. The molecule has 0 aromatic carbocycles. The van der Waals surface area contributed by atoms with Crippen LogP contribution in [0.3, 0.4) is 0 Å². The third-order valence-corrected chi connectivity index (χ3v) is 6.01. The molecular formula is C22H36O5. The number of rotatable bonds is 11. The Balaban J connectivity index is 1.83. The van der Waals surface area contributed by atoms with Crippen molar-refractivity contribution >= 4 is 5.97 Å². The summed E-state index contributed by atoms with van der Waals surface area (Å²) in [6.07, 6.45) is 11.3. The van der Waals surface area contributed by atoms with Gasteiger partial charge < -0.3 is 19.7 Å². The quantitative estimate of drug-likeness (QED) is 0.327. The lowest BCUT2D eigenvalue weighted by Crippen LogP contribution is -2.19. The van der Waals surface area contributed by atoms with E-state index in [0.717, 1.165) is 38.5 Å². The van der Waals surface area contributed by atoms with E-state index in [4.69, 9.17) is 4.74 Å². The molecule has 0 saturated heterocycles. The maximum Gasteiger partial charge on any atom is 0.331 e. The van der Waals surface area contributed by atoms with Gasteiger partial charge in [0.15, 0.2) is 0 Å². The smallest absolute Gasteiger partial charge is 0.331 e. The third kappa shape index (κ3) is 6.44. The molecule has 27 heavy (non-hydrogen) atoms. The van der Waals surface area contributed by atoms with E-state index in [1.54, 1.807) is 0 Å². The molecule has 0 spiro atoms. The monoisotopic (exact) mass is 380 g/mol. The fourth-order valence-corrected chi connectivity index (χ4v) is 4.35. The van der Waals surface area contributed by atoms with E-state index >= 15 is 0 Å². The number of allylic oxidation sites excluding steroid dienone is 1. The molecule has 0 radical (unpaired) electrons. The summed E-state index contributed by atoms with van der Waals surface area (Å²) in [6, 6.07) is 0. The number of ether oxygens (including phenoxy) is 2. The second kappa shape index (κ2) is 11.0. The normalized spacial score (nSPS) is 29.6. The molecule has 0 aromatic rings. The number of esters is 1. The zero-order chi connectivity index (χ0) is 19.8. The van der Waals surface area contributed by atoms with Crippen LogP contribution in [-0.2, 0) is 14.3 Å². The van der Waals surface area contributed by atoms with Crippen LogP contribution in [0.5, 0.6) is 0 Å². The van der Waals surface area contributed by atoms with Crippen molar-refractivity contribution in [1.29, 1.82) is 0 Å². The molecule has 0 bridgehead atoms. The standard InChI is InChI=1S/C22H36O5/c1-4-5-6-7-18(23)8-9-19-20-11-16(10-17(20)12-21(19)24)15(2)13-27-14-22(25)26-3/h8-10,15,17-21,23-24H,4-7,11-14H2,1-3H3/b9-8+/t15?,17?,18?,19-,20?,21-/m1/s1. The highest BCUT2D eigenvalue weighted by atomic mass is 16.6. The van der Waals surface area contributed by atoms with Crippen molar-refractivity contribution < 1.29 is 24.5 Å². The number of unbranched alkanes of at least 4 members (excludes halogenated alkanes) is 2. The first-order chi connectivity index (χ1) is 13.0. The summed E-state index contributed by atoms with van der Waals surface area (Å²) in [5, 5.41) is 20.6. The van der Waals surface area contributed by atoms with Gasteiger partial charge in [0.1, 0.15) is 6.61 Å². The van der Waals surface area contributed by atoms with Crippen molar-refractivity contribution in [3.05, 3.63) is 23.8 Å². The van der Waals surface area contributed by atoms with E-state index in [-0.39, 0.29) is 30.5 Å². The molecule has 5 heteroatoms. The van der Waals surface area contributed by atoms with Gasteiger partial charge in [-0.3, -0.25) is 0 Å². The molecule has 0 amide bonds. The Labute approximate surface area is 163 Å². The molecule has 0 aromatic heterocycles. The minimum Gasteiger partial charge on any atom is -0.467 e. The Morgan fingerprint density at radius 2 is 2.19 bits per heavy atom. The largest absolute Gasteiger partial charge is 0.467 e. The Hall–Kier alpha value is -1.17. The molecule has 1 saturated carbocycles. The minimum atomic E-state index is -0.415. The SMILES string of the molecule is CCCCCC(O)/C=C/[C@@H]1C2CC(C(C)COCC(=O)OC)=CC2C[C@H]1O. The number of hydrogen-bond donors (Lipinski definition) is 2. The lowest BCUT2D eigenvalue weighted by molar-refractivity contribution is -0.146. The van der Waals surface area contributed by atoms with E-state index in [0.29, 0.717) is 18.4 Å². The summed E-state index contributed by atoms with van der Waals surface area (Å²) < 4.78 is 10.0. The molecule has 2 aliphatic rings. The molecule has 1 fully saturated rings. The second-order valence-corrected chi connectivity index (χ2v) is 8.09. The number of carbonyl (C=O) groups is 1. The van der Waals surface area contributed by atoms with Gasteiger partial charge in [0.25, 0.3) is 0 Å². The summed E-state index contributed by atoms with van der Waals surface area (Å²) in [6.45, 7) is 4.76. The first-order valence-electron chi connectivity index (χ1n) is 10.4. The third-order valence-electron chi connectivity index (χ3n) is 6.01. The second-order valence-electron chi connectivity index (χ2n) is 8.09. The van der Waals surface area contributed by atoms with Gasteiger partial charge >= 0.3 is 5.97 Å². The maximum absolute atomic E-state index is 11.1. The first-order valence-corrected chi connectivity index (χ1v) is 10.4. The lowest BCUT2D eigenvalue weighted by atomic mass is 9.87. The van der Waals surface area contributed by atoms with E-state index in [1.807, 2.05) is 12.2 Å². The van der Waals surface area contributed by atoms with Crippen LogP contribution in [0.4, 0.5) is 0 Å². The summed E-state index contributed by atoms with van der Waals surface area (Å²) in [7, 11) is 1.36. The van der Waals surface area contributed by atoms with Gasteiger partial charge in [0.2, 0.25) is 0 Å². The number of hydrogen-bond acceptors (Lipinski definition) is 5. The number of methoxy groups -OCH3 is 1. The average molecular weight is 381 g/mol. The predicted octanol–water partition coefficient (Wildman–Crippen LogP) is 3.25. The molecular weight excluding hydrogens is 344 g/mol. The molecule has 2 rings (SSSR count). The van der Waals surface area contributed by atoms with Crippen molar-refractivity contribution in [3.63, 3.8) is 0 Å². The average Bonchev–Trinajstić information content (AvgIpc) is 3.17. The number of aliphatic hydroxyl groups is 2. The molecule has 0 aliphatic heterocycles. The fourth-order valence-electron chi connectivity index (χ4n) is 4.35. The number of carbonyl (C=O) groups excluding carboxylic acids is 1. The molecule has 2 N–H and O–H groups in total. The Morgan fingerprint density at radius 1 is 1.41 bits per heavy atom. The van der Waals surface area contributed by atoms with Crippen molar-refractivity contribution in [2.24, 2.45) is 23.7 Å². The predicted molar refractivity (Wildman–Crippen MR) is 105 cm³/mol. The Kier molecular flexibility index (Phi) is 9.00. The van der Waals surface area contributed by atoms with Crippen LogP contribution in [0.25, 0.3) is 0 Å². The van der Waals surface area contributed by atoms with Crippen molar-refractivity contribution in [1.82, 2.24) is 0 Å². The van der Waals surface area contributed by atoms with Gasteiger partial charge in [0, 0.05) is 11.8 Å². The van der Waals surface area contributed by atoms with Crippen LogP contribution in [0.1, 0.15) is 52.4 Å². The topological polar surface area (TPSA) is 76.0 Å². The van der Waals surface area contributed by atoms with E-state index in [2.05, 4.69) is 24.7 Å². The number of aliphatic hydroxyl groups excluding tert-OH is 2. The van der Waals surface area contributed by atoms with Crippen LogP contribution in [-0.4, -0.2) is 48.7 Å². The molecule has 2 aliphatic carbocycles. The van der Waals surface area contributed by atoms with E-state index in [9.17, 15) is 15.0 Å². The summed E-state index contributed by atoms with van der Waals surface area (Å²) in [5.74, 6) is 0.793. The van der Waals surface area contributed by atoms with Crippen molar-refractivity contribution in [2.45, 2.75) is 64.6 Å². The summed E-state index contributed by atoms with van der Waals surface area (Å²) in [5.41, 5.74) is 1.35. The highest BCUT2D eigenvalue weighted by Crippen LogP contribution is 2.48. The molecule has 154 valence electrons. The molecule has 5 nitrogen and oxygen atoms in total. The van der Waals surface area contributed by atoms with Crippen LogP contribution in [0.2, 0.25) is 0 Å². The minimum absolute atomic E-state index is 0.0129. The van der Waals surface area contributed by atoms with Gasteiger partial charge in [-0.1, -0.05) is 56.9 Å². The summed E-state index contributed by atoms with van der Waals surface area (Å²) >= 11 is 0. The highest BCUT2D eigenvalue weighted by molar-refractivity contribution is 5.70. The van der Waals surface area contributed by atoms with Crippen LogP contribution >= 0.6 is 0 Å². The molecule has 4 unspecified atom stereocenters. The van der Waals surface area contributed by atoms with Crippen molar-refractivity contribution in [2.75, 3.05) is 20.3 Å². The van der Waals surface area contributed by atoms with Gasteiger partial charge in [-0.05, 0) is 31.1 Å². The Bertz CT molecular complexity index is 527. The first kappa shape index (κ1) is 22.1. The summed E-state index contributed by atoms with van der Waals surface area (Å²) in [4.78, 5) is 11.1. The highest BCUT2D eigenvalue weighted by Gasteiger charge is 2.44. The van der Waals surface area contributed by atoms with Gasteiger partial charge in [0.05, 0.1) is 25.9 Å². The van der Waals surface area contributed by atoms with Crippen LogP contribution in [0.15, 0.2) is 23.8 Å². The molecule has 6 atom stereocenters. The van der Waals surface area contributed by atoms with Gasteiger partial charge in [-0.15, -0.1) is 0 Å². The van der Waals surface area contributed by atoms with Gasteiger partial charge in [-0.2, -0.15) is 0 Å². The molecule has 0 heterocycles. The van der Waals surface area contributed by atoms with Crippen molar-refractivity contribution in [3.8, 4) is 0 Å². The van der Waals surface area contributed by atoms with Crippen LogP contribution < -0.4 is 0 Å². The van der Waals surface area contributed by atoms with Gasteiger partial charge in [-0.25, -0.2) is 4.79 Å². The fraction of sp³-hybridized carbons (Fsp3) is 0.773. The zero-order valence-electron chi connectivity index (χ0n) is 17.0.